The highest BCUT2D eigenvalue weighted by Crippen LogP contribution is 2.38. The Morgan fingerprint density at radius 1 is 1.42 bits per heavy atom. The van der Waals surface area contributed by atoms with Crippen molar-refractivity contribution in [3.63, 3.8) is 0 Å². The van der Waals surface area contributed by atoms with Crippen molar-refractivity contribution in [1.82, 2.24) is 19.8 Å². The van der Waals surface area contributed by atoms with E-state index in [0.717, 1.165) is 29.7 Å². The minimum atomic E-state index is -2.64. The largest absolute Gasteiger partial charge is 0.366 e. The molecule has 2 aliphatic rings. The fourth-order valence-electron chi connectivity index (χ4n) is 3.42. The second-order valence-electron chi connectivity index (χ2n) is 7.16. The van der Waals surface area contributed by atoms with E-state index in [-0.39, 0.29) is 25.7 Å². The first kappa shape index (κ1) is 17.2. The van der Waals surface area contributed by atoms with Gasteiger partial charge in [-0.15, -0.1) is 0 Å². The van der Waals surface area contributed by atoms with Gasteiger partial charge in [0.1, 0.15) is 11.4 Å². The lowest BCUT2D eigenvalue weighted by atomic mass is 10.1. The van der Waals surface area contributed by atoms with Gasteiger partial charge in [0.15, 0.2) is 0 Å². The molecule has 140 valence electrons. The third-order valence-corrected chi connectivity index (χ3v) is 5.03. The average Bonchev–Trinajstić information content (AvgIpc) is 3.39. The van der Waals surface area contributed by atoms with E-state index in [1.165, 1.54) is 11.8 Å². The minimum absolute atomic E-state index is 0.106. The van der Waals surface area contributed by atoms with Crippen molar-refractivity contribution in [3.8, 4) is 0 Å². The molecule has 1 atom stereocenters. The lowest BCUT2D eigenvalue weighted by Gasteiger charge is -2.39. The fourth-order valence-corrected chi connectivity index (χ4v) is 3.42. The number of hydrogen-bond donors (Lipinski definition) is 1. The van der Waals surface area contributed by atoms with Crippen LogP contribution in [0.15, 0.2) is 24.3 Å². The molecule has 6 nitrogen and oxygen atoms in total. The number of nitrogens with zero attached hydrogens (tertiary/aromatic N) is 3. The summed E-state index contributed by atoms with van der Waals surface area (Å²) >= 11 is 0. The van der Waals surface area contributed by atoms with Crippen molar-refractivity contribution in [3.05, 3.63) is 30.1 Å². The molecular weight excluding hydrogens is 342 g/mol. The van der Waals surface area contributed by atoms with E-state index < -0.39 is 12.0 Å². The van der Waals surface area contributed by atoms with Crippen LogP contribution < -0.4 is 5.32 Å². The van der Waals surface area contributed by atoms with Crippen LogP contribution in [0, 0.1) is 0 Å². The maximum atomic E-state index is 13.2. The molecule has 2 fully saturated rings. The van der Waals surface area contributed by atoms with E-state index in [1.54, 1.807) is 0 Å². The molecule has 1 saturated carbocycles. The van der Waals surface area contributed by atoms with Crippen molar-refractivity contribution in [2.75, 3.05) is 19.7 Å². The zero-order chi connectivity index (χ0) is 18.3. The number of alkyl halides is 2. The molecule has 1 aromatic heterocycles. The molecule has 1 saturated heterocycles. The number of para-hydroxylation sites is 2. The van der Waals surface area contributed by atoms with E-state index in [2.05, 4.69) is 14.9 Å². The Hall–Kier alpha value is -2.22. The van der Waals surface area contributed by atoms with Gasteiger partial charge in [0.05, 0.1) is 30.7 Å². The number of rotatable bonds is 4. The Balaban J connectivity index is 1.47. The first-order valence-corrected chi connectivity index (χ1v) is 8.89. The molecule has 2 heterocycles. The summed E-state index contributed by atoms with van der Waals surface area (Å²) in [5.74, 6) is 0.798. The molecule has 1 aliphatic heterocycles. The number of benzene rings is 1. The summed E-state index contributed by atoms with van der Waals surface area (Å²) in [4.78, 5) is 18.5. The highest BCUT2D eigenvalue weighted by molar-refractivity contribution is 5.77. The van der Waals surface area contributed by atoms with Crippen molar-refractivity contribution < 1.29 is 18.3 Å². The number of halogens is 2. The summed E-state index contributed by atoms with van der Waals surface area (Å²) in [6.45, 7) is 1.88. The minimum Gasteiger partial charge on any atom is -0.366 e. The fraction of sp³-hybridized carbons (Fsp3) is 0.556. The number of aromatic nitrogens is 2. The number of ether oxygens (including phenoxy) is 1. The van der Waals surface area contributed by atoms with Gasteiger partial charge in [0.25, 0.3) is 6.43 Å². The average molecular weight is 364 g/mol. The van der Waals surface area contributed by atoms with Crippen molar-refractivity contribution in [1.29, 1.82) is 0 Å². The van der Waals surface area contributed by atoms with Crippen LogP contribution in [0.25, 0.3) is 11.0 Å². The number of imidazole rings is 1. The van der Waals surface area contributed by atoms with Crippen molar-refractivity contribution in [2.24, 2.45) is 0 Å². The lowest BCUT2D eigenvalue weighted by molar-refractivity contribution is -0.161. The molecule has 1 aromatic carbocycles. The van der Waals surface area contributed by atoms with Crippen molar-refractivity contribution >= 4 is 17.1 Å². The molecule has 0 bridgehead atoms. The highest BCUT2D eigenvalue weighted by atomic mass is 19.3. The highest BCUT2D eigenvalue weighted by Gasteiger charge is 2.42. The second kappa shape index (κ2) is 6.50. The first-order valence-electron chi connectivity index (χ1n) is 8.89. The Morgan fingerprint density at radius 3 is 2.92 bits per heavy atom. The first-order chi connectivity index (χ1) is 12.5. The summed E-state index contributed by atoms with van der Waals surface area (Å²) in [7, 11) is 0. The molecule has 1 N–H and O–H groups in total. The van der Waals surface area contributed by atoms with Gasteiger partial charge in [0.2, 0.25) is 0 Å². The van der Waals surface area contributed by atoms with Gasteiger partial charge in [-0.25, -0.2) is 18.6 Å². The number of amides is 2. The van der Waals surface area contributed by atoms with Crippen LogP contribution in [0.3, 0.4) is 0 Å². The Kier molecular flexibility index (Phi) is 4.30. The van der Waals surface area contributed by atoms with Gasteiger partial charge < -0.3 is 19.5 Å². The maximum absolute atomic E-state index is 13.2. The summed E-state index contributed by atoms with van der Waals surface area (Å²) in [5.41, 5.74) is 0.354. The van der Waals surface area contributed by atoms with E-state index >= 15 is 0 Å². The van der Waals surface area contributed by atoms with Crippen LogP contribution in [0.2, 0.25) is 0 Å². The monoisotopic (exact) mass is 364 g/mol. The predicted octanol–water partition coefficient (Wildman–Crippen LogP) is 2.94. The van der Waals surface area contributed by atoms with Gasteiger partial charge >= 0.3 is 6.03 Å². The molecule has 2 aromatic rings. The number of nitrogens with one attached hydrogen (secondary N) is 1. The smallest absolute Gasteiger partial charge is 0.317 e. The molecule has 4 rings (SSSR count). The van der Waals surface area contributed by atoms with E-state index in [4.69, 9.17) is 4.74 Å². The van der Waals surface area contributed by atoms with Crippen molar-refractivity contribution in [2.45, 2.75) is 44.4 Å². The van der Waals surface area contributed by atoms with Gasteiger partial charge in [0, 0.05) is 12.6 Å². The number of carbonyl (C=O) groups is 1. The second-order valence-corrected chi connectivity index (χ2v) is 7.16. The number of hydrogen-bond acceptors (Lipinski definition) is 3. The molecule has 0 spiro atoms. The van der Waals surface area contributed by atoms with Gasteiger partial charge in [-0.05, 0) is 31.9 Å². The zero-order valence-electron chi connectivity index (χ0n) is 14.6. The summed E-state index contributed by atoms with van der Waals surface area (Å²) in [5, 5.41) is 2.83. The molecule has 0 radical (unpaired) electrons. The topological polar surface area (TPSA) is 59.4 Å². The lowest BCUT2D eigenvalue weighted by Crippen LogP contribution is -2.57. The third-order valence-electron chi connectivity index (χ3n) is 5.03. The van der Waals surface area contributed by atoms with Gasteiger partial charge in [-0.1, -0.05) is 12.1 Å². The molecule has 2 amide bonds. The van der Waals surface area contributed by atoms with Crippen LogP contribution >= 0.6 is 0 Å². The molecule has 8 heteroatoms. The van der Waals surface area contributed by atoms with Crippen LogP contribution in [0.4, 0.5) is 13.6 Å². The van der Waals surface area contributed by atoms with Gasteiger partial charge in [-0.2, -0.15) is 0 Å². The zero-order valence-corrected chi connectivity index (χ0v) is 14.6. The third kappa shape index (κ3) is 3.13. The predicted molar refractivity (Wildman–Crippen MR) is 92.2 cm³/mol. The molecule has 26 heavy (non-hydrogen) atoms. The number of fused-ring (bicyclic) bond motifs is 1. The SMILES string of the molecule is CC1(C(F)F)CN(C(=O)NCc2nc3ccccc3n2C2CC2)CCO1. The number of carbonyl (C=O) groups excluding carboxylic acids is 1. The molecule has 1 unspecified atom stereocenters. The van der Waals surface area contributed by atoms with Crippen LogP contribution in [-0.2, 0) is 11.3 Å². The molecule has 1 aliphatic carbocycles. The summed E-state index contributed by atoms with van der Waals surface area (Å²) in [6.07, 6.45) is -0.424. The maximum Gasteiger partial charge on any atom is 0.317 e. The standard InChI is InChI=1S/C18H22F2N4O2/c1-18(16(19)20)11-23(8-9-26-18)17(25)21-10-15-22-13-4-2-3-5-14(13)24(15)12-6-7-12/h2-5,12,16H,6-11H2,1H3,(H,21,25). The normalized spacial score (nSPS) is 23.6. The molecular formula is C18H22F2N4O2. The number of urea groups is 1. The van der Waals surface area contributed by atoms with Crippen LogP contribution in [-0.4, -0.2) is 52.2 Å². The Morgan fingerprint density at radius 2 is 2.19 bits per heavy atom. The Bertz CT molecular complexity index is 821. The Labute approximate surface area is 150 Å². The van der Waals surface area contributed by atoms with E-state index in [1.807, 2.05) is 24.3 Å². The quantitative estimate of drug-likeness (QED) is 0.907. The van der Waals surface area contributed by atoms with Crippen LogP contribution in [0.1, 0.15) is 31.6 Å². The summed E-state index contributed by atoms with van der Waals surface area (Å²) in [6, 6.07) is 7.96. The van der Waals surface area contributed by atoms with E-state index in [0.29, 0.717) is 12.6 Å². The number of morpholine rings is 1. The van der Waals surface area contributed by atoms with Gasteiger partial charge in [-0.3, -0.25) is 0 Å². The summed E-state index contributed by atoms with van der Waals surface area (Å²) < 4.78 is 33.7. The van der Waals surface area contributed by atoms with Crippen LogP contribution in [0.5, 0.6) is 0 Å². The van der Waals surface area contributed by atoms with E-state index in [9.17, 15) is 13.6 Å².